The van der Waals surface area contributed by atoms with Crippen molar-refractivity contribution in [3.63, 3.8) is 0 Å². The molecule has 0 unspecified atom stereocenters. The van der Waals surface area contributed by atoms with E-state index in [2.05, 4.69) is 10.3 Å². The molecule has 0 spiro atoms. The minimum Gasteiger partial charge on any atom is -0.495 e. The fourth-order valence-electron chi connectivity index (χ4n) is 1.71. The summed E-state index contributed by atoms with van der Waals surface area (Å²) in [5, 5.41) is 3.91. The SMILES string of the molecule is COc1ccc(CNCCOc2ccccn2)cc1Cl. The Morgan fingerprint density at radius 2 is 2.15 bits per heavy atom. The first kappa shape index (κ1) is 14.6. The van der Waals surface area contributed by atoms with Gasteiger partial charge in [-0.05, 0) is 23.8 Å². The van der Waals surface area contributed by atoms with Crippen LogP contribution >= 0.6 is 11.6 Å². The molecular weight excluding hydrogens is 276 g/mol. The molecule has 0 amide bonds. The number of pyridine rings is 1. The smallest absolute Gasteiger partial charge is 0.213 e. The fraction of sp³-hybridized carbons (Fsp3) is 0.267. The summed E-state index contributed by atoms with van der Waals surface area (Å²) in [4.78, 5) is 4.08. The van der Waals surface area contributed by atoms with Gasteiger partial charge in [0.05, 0.1) is 12.1 Å². The molecule has 4 nitrogen and oxygen atoms in total. The van der Waals surface area contributed by atoms with Gasteiger partial charge in [0.15, 0.2) is 0 Å². The number of benzene rings is 1. The largest absolute Gasteiger partial charge is 0.495 e. The molecule has 0 fully saturated rings. The zero-order chi connectivity index (χ0) is 14.2. The monoisotopic (exact) mass is 292 g/mol. The van der Waals surface area contributed by atoms with E-state index in [-0.39, 0.29) is 0 Å². The molecular formula is C15H17ClN2O2. The van der Waals surface area contributed by atoms with E-state index >= 15 is 0 Å². The quantitative estimate of drug-likeness (QED) is 0.797. The van der Waals surface area contributed by atoms with E-state index in [0.29, 0.717) is 23.3 Å². The molecule has 0 saturated heterocycles. The van der Waals surface area contributed by atoms with Gasteiger partial charge in [-0.2, -0.15) is 0 Å². The Bertz CT molecular complexity index is 535. The van der Waals surface area contributed by atoms with E-state index in [1.807, 2.05) is 36.4 Å². The van der Waals surface area contributed by atoms with Crippen molar-refractivity contribution in [1.82, 2.24) is 10.3 Å². The Labute approximate surface area is 123 Å². The fourth-order valence-corrected chi connectivity index (χ4v) is 1.99. The van der Waals surface area contributed by atoms with Crippen LogP contribution in [0, 0.1) is 0 Å². The minimum absolute atomic E-state index is 0.570. The molecule has 2 rings (SSSR count). The van der Waals surface area contributed by atoms with Crippen LogP contribution in [0.1, 0.15) is 5.56 Å². The third kappa shape index (κ3) is 4.40. The molecule has 1 aromatic carbocycles. The summed E-state index contributed by atoms with van der Waals surface area (Å²) >= 11 is 6.06. The maximum Gasteiger partial charge on any atom is 0.213 e. The molecule has 5 heteroatoms. The van der Waals surface area contributed by atoms with Gasteiger partial charge in [-0.3, -0.25) is 0 Å². The lowest BCUT2D eigenvalue weighted by atomic mass is 10.2. The van der Waals surface area contributed by atoms with Gasteiger partial charge in [0, 0.05) is 25.4 Å². The van der Waals surface area contributed by atoms with E-state index in [4.69, 9.17) is 21.1 Å². The van der Waals surface area contributed by atoms with Gasteiger partial charge in [0.1, 0.15) is 12.4 Å². The van der Waals surface area contributed by atoms with E-state index in [1.54, 1.807) is 13.3 Å². The third-order valence-corrected chi connectivity index (χ3v) is 3.01. The van der Waals surface area contributed by atoms with E-state index in [9.17, 15) is 0 Å². The van der Waals surface area contributed by atoms with Crippen molar-refractivity contribution in [1.29, 1.82) is 0 Å². The summed E-state index contributed by atoms with van der Waals surface area (Å²) in [6, 6.07) is 11.3. The zero-order valence-electron chi connectivity index (χ0n) is 11.3. The molecule has 2 aromatic rings. The first-order chi connectivity index (χ1) is 9.79. The molecule has 0 bridgehead atoms. The van der Waals surface area contributed by atoms with Crippen molar-refractivity contribution in [3.8, 4) is 11.6 Å². The number of aromatic nitrogens is 1. The highest BCUT2D eigenvalue weighted by molar-refractivity contribution is 6.32. The van der Waals surface area contributed by atoms with Crippen molar-refractivity contribution in [2.45, 2.75) is 6.54 Å². The maximum atomic E-state index is 6.06. The predicted molar refractivity (Wildman–Crippen MR) is 79.4 cm³/mol. The molecule has 0 radical (unpaired) electrons. The van der Waals surface area contributed by atoms with E-state index in [1.165, 1.54) is 0 Å². The van der Waals surface area contributed by atoms with Crippen LogP contribution in [0.2, 0.25) is 5.02 Å². The summed E-state index contributed by atoms with van der Waals surface area (Å²) in [6.07, 6.45) is 1.71. The number of nitrogens with zero attached hydrogens (tertiary/aromatic N) is 1. The van der Waals surface area contributed by atoms with Crippen molar-refractivity contribution < 1.29 is 9.47 Å². The highest BCUT2D eigenvalue weighted by Gasteiger charge is 2.01. The Hall–Kier alpha value is -1.78. The van der Waals surface area contributed by atoms with Crippen LogP contribution in [0.15, 0.2) is 42.6 Å². The van der Waals surface area contributed by atoms with Crippen LogP contribution < -0.4 is 14.8 Å². The van der Waals surface area contributed by atoms with Gasteiger partial charge in [0.25, 0.3) is 0 Å². The molecule has 1 aromatic heterocycles. The van der Waals surface area contributed by atoms with E-state index < -0.39 is 0 Å². The number of hydrogen-bond acceptors (Lipinski definition) is 4. The average Bonchev–Trinajstić information content (AvgIpc) is 2.48. The standard InChI is InChI=1S/C15H17ClN2O2/c1-19-14-6-5-12(10-13(14)16)11-17-8-9-20-15-4-2-3-7-18-15/h2-7,10,17H,8-9,11H2,1H3. The van der Waals surface area contributed by atoms with Crippen molar-refractivity contribution in [3.05, 3.63) is 53.2 Å². The van der Waals surface area contributed by atoms with Crippen molar-refractivity contribution >= 4 is 11.6 Å². The van der Waals surface area contributed by atoms with Crippen LogP contribution in [0.25, 0.3) is 0 Å². The van der Waals surface area contributed by atoms with Crippen LogP contribution in [0.4, 0.5) is 0 Å². The molecule has 20 heavy (non-hydrogen) atoms. The molecule has 0 aliphatic carbocycles. The predicted octanol–water partition coefficient (Wildman–Crippen LogP) is 2.91. The second-order valence-corrected chi connectivity index (χ2v) is 4.57. The van der Waals surface area contributed by atoms with Crippen LogP contribution in [0.3, 0.4) is 0 Å². The zero-order valence-corrected chi connectivity index (χ0v) is 12.1. The molecule has 0 atom stereocenters. The number of halogens is 1. The second-order valence-electron chi connectivity index (χ2n) is 4.16. The Morgan fingerprint density at radius 3 is 2.85 bits per heavy atom. The Balaban J connectivity index is 1.69. The topological polar surface area (TPSA) is 43.4 Å². The van der Waals surface area contributed by atoms with E-state index in [0.717, 1.165) is 18.7 Å². The molecule has 0 aliphatic rings. The average molecular weight is 293 g/mol. The number of hydrogen-bond donors (Lipinski definition) is 1. The number of ether oxygens (including phenoxy) is 2. The van der Waals surface area contributed by atoms with Gasteiger partial charge in [-0.1, -0.05) is 23.7 Å². The van der Waals surface area contributed by atoms with Crippen LogP contribution in [-0.4, -0.2) is 25.2 Å². The lowest BCUT2D eigenvalue weighted by molar-refractivity contribution is 0.302. The summed E-state index contributed by atoms with van der Waals surface area (Å²) in [6.45, 7) is 2.04. The number of rotatable bonds is 7. The Kier molecular flexibility index (Phi) is 5.65. The van der Waals surface area contributed by atoms with Crippen LogP contribution in [0.5, 0.6) is 11.6 Å². The maximum absolute atomic E-state index is 6.06. The molecule has 1 N–H and O–H groups in total. The molecule has 0 saturated carbocycles. The first-order valence-corrected chi connectivity index (χ1v) is 6.74. The summed E-state index contributed by atoms with van der Waals surface area (Å²) in [5.41, 5.74) is 1.11. The molecule has 106 valence electrons. The summed E-state index contributed by atoms with van der Waals surface area (Å²) in [7, 11) is 1.61. The molecule has 1 heterocycles. The lowest BCUT2D eigenvalue weighted by Gasteiger charge is -2.08. The van der Waals surface area contributed by atoms with Gasteiger partial charge in [0.2, 0.25) is 5.88 Å². The summed E-state index contributed by atoms with van der Waals surface area (Å²) in [5.74, 6) is 1.33. The van der Waals surface area contributed by atoms with Crippen molar-refractivity contribution in [2.75, 3.05) is 20.3 Å². The minimum atomic E-state index is 0.570. The Morgan fingerprint density at radius 1 is 1.25 bits per heavy atom. The van der Waals surface area contributed by atoms with Gasteiger partial charge >= 0.3 is 0 Å². The van der Waals surface area contributed by atoms with Gasteiger partial charge in [-0.15, -0.1) is 0 Å². The lowest BCUT2D eigenvalue weighted by Crippen LogP contribution is -2.20. The third-order valence-electron chi connectivity index (χ3n) is 2.71. The van der Waals surface area contributed by atoms with Crippen molar-refractivity contribution in [2.24, 2.45) is 0 Å². The second kappa shape index (κ2) is 7.72. The number of nitrogens with one attached hydrogen (secondary N) is 1. The highest BCUT2D eigenvalue weighted by Crippen LogP contribution is 2.24. The molecule has 0 aliphatic heterocycles. The first-order valence-electron chi connectivity index (χ1n) is 6.36. The summed E-state index contributed by atoms with van der Waals surface area (Å²) < 4.78 is 10.6. The number of methoxy groups -OCH3 is 1. The van der Waals surface area contributed by atoms with Crippen LogP contribution in [-0.2, 0) is 6.54 Å². The highest BCUT2D eigenvalue weighted by atomic mass is 35.5. The van der Waals surface area contributed by atoms with Gasteiger partial charge in [-0.25, -0.2) is 4.98 Å². The van der Waals surface area contributed by atoms with Gasteiger partial charge < -0.3 is 14.8 Å². The normalized spacial score (nSPS) is 10.3.